The number of carbonyl (C=O) groups is 1. The minimum absolute atomic E-state index is 0. The maximum Gasteiger partial charge on any atom is 0.253 e. The summed E-state index contributed by atoms with van der Waals surface area (Å²) < 4.78 is 1.14. The molecule has 1 N–H and O–H groups in total. The molecule has 1 aromatic rings. The zero-order valence-electron chi connectivity index (χ0n) is 8.66. The number of halogens is 1. The summed E-state index contributed by atoms with van der Waals surface area (Å²) in [6.45, 7) is 0. The molecule has 1 aromatic carbocycles. The molecule has 1 unspecified atom stereocenters. The van der Waals surface area contributed by atoms with Gasteiger partial charge in [0.25, 0.3) is 5.91 Å². The van der Waals surface area contributed by atoms with E-state index >= 15 is 0 Å². The van der Waals surface area contributed by atoms with Gasteiger partial charge in [-0.1, -0.05) is 35.5 Å². The summed E-state index contributed by atoms with van der Waals surface area (Å²) in [7, 11) is 0. The predicted octanol–water partition coefficient (Wildman–Crippen LogP) is 2.47. The third kappa shape index (κ3) is 1.80. The van der Waals surface area contributed by atoms with Crippen LogP contribution in [0.3, 0.4) is 0 Å². The van der Waals surface area contributed by atoms with Crippen molar-refractivity contribution in [3.05, 3.63) is 33.8 Å². The highest BCUT2D eigenvalue weighted by Crippen LogP contribution is 2.36. The molecule has 0 aromatic heterocycles. The molecule has 3 nitrogen and oxygen atoms in total. The minimum atomic E-state index is -0.534. The van der Waals surface area contributed by atoms with Crippen molar-refractivity contribution in [2.75, 3.05) is 0 Å². The Hall–Kier alpha value is -1.16. The fourth-order valence-electron chi connectivity index (χ4n) is 2.50. The molecule has 90 valence electrons. The van der Waals surface area contributed by atoms with Crippen molar-refractivity contribution in [2.45, 2.75) is 32.2 Å². The Morgan fingerprint density at radius 2 is 2.24 bits per heavy atom. The Kier molecular flexibility index (Phi) is 3.08. The normalized spacial score (nSPS) is 25.4. The van der Waals surface area contributed by atoms with Crippen LogP contribution in [0.2, 0.25) is 0 Å². The Morgan fingerprint density at radius 3 is 2.94 bits per heavy atom. The Morgan fingerprint density at radius 1 is 1.41 bits per heavy atom. The summed E-state index contributed by atoms with van der Waals surface area (Å²) in [6.07, 6.45) is 3.95. The van der Waals surface area contributed by atoms with Crippen LogP contribution >= 0.6 is 15.9 Å². The molecule has 0 bridgehead atoms. The van der Waals surface area contributed by atoms with Gasteiger partial charge in [-0.15, -0.1) is 0 Å². The number of nitrogens with one attached hydrogen (secondary N) is 1. The lowest BCUT2D eigenvalue weighted by Gasteiger charge is -2.30. The quantitative estimate of drug-likeness (QED) is 0.785. The number of benzene rings is 1. The molecule has 4 heteroatoms. The summed E-state index contributed by atoms with van der Waals surface area (Å²) in [5.74, 6) is 0.0399. The molecule has 2 aliphatic rings. The zero-order valence-corrected chi connectivity index (χ0v) is 10.3. The molecule has 3 rings (SSSR count). The van der Waals surface area contributed by atoms with Gasteiger partial charge in [0.15, 0.2) is 0 Å². The first-order chi connectivity index (χ1) is 7.71. The van der Waals surface area contributed by atoms with Crippen molar-refractivity contribution < 1.29 is 4.79 Å². The van der Waals surface area contributed by atoms with E-state index in [2.05, 4.69) is 38.4 Å². The van der Waals surface area contributed by atoms with Crippen molar-refractivity contribution >= 4 is 28.2 Å². The Bertz CT molecular complexity index is 498. The van der Waals surface area contributed by atoms with E-state index in [4.69, 9.17) is 0 Å². The van der Waals surface area contributed by atoms with Crippen molar-refractivity contribution in [1.29, 1.82) is 0 Å². The first-order valence-electron chi connectivity index (χ1n) is 5.32. The monoisotopic (exact) mass is 294 g/mol. The van der Waals surface area contributed by atoms with Crippen LogP contribution in [-0.4, -0.2) is 17.8 Å². The number of nitrogens with zero attached hydrogens (tertiary/aromatic N) is 1. The van der Waals surface area contributed by atoms with Gasteiger partial charge in [-0.05, 0) is 30.0 Å². The van der Waals surface area contributed by atoms with Gasteiger partial charge in [0.05, 0.1) is 6.34 Å². The van der Waals surface area contributed by atoms with Crippen LogP contribution in [0.1, 0.15) is 25.0 Å². The maximum absolute atomic E-state index is 11.8. The number of hydrogen-bond donors (Lipinski definition) is 1. The third-order valence-electron chi connectivity index (χ3n) is 3.42. The lowest BCUT2D eigenvalue weighted by atomic mass is 9.78. The number of amides is 1. The highest BCUT2D eigenvalue weighted by atomic mass is 79.9. The Balaban J connectivity index is 0.00000108. The number of carbonyl (C=O) groups excluding carboxylic acids is 1. The minimum Gasteiger partial charge on any atom is -0.315 e. The molecule has 1 atom stereocenters. The van der Waals surface area contributed by atoms with Crippen molar-refractivity contribution in [2.24, 2.45) is 4.99 Å². The van der Waals surface area contributed by atoms with Gasteiger partial charge >= 0.3 is 0 Å². The van der Waals surface area contributed by atoms with E-state index in [1.807, 2.05) is 6.07 Å². The zero-order chi connectivity index (χ0) is 11.2. The summed E-state index contributed by atoms with van der Waals surface area (Å²) in [5, 5.41) is 2.68. The fraction of sp³-hybridized carbons (Fsp3) is 0.385. The van der Waals surface area contributed by atoms with Gasteiger partial charge in [0.2, 0.25) is 0 Å². The van der Waals surface area contributed by atoms with Crippen molar-refractivity contribution in [3.8, 4) is 0 Å². The summed E-state index contributed by atoms with van der Waals surface area (Å²) in [6, 6.07) is 6.15. The van der Waals surface area contributed by atoms with Gasteiger partial charge in [-0.25, -0.2) is 0 Å². The maximum atomic E-state index is 11.8. The summed E-state index contributed by atoms with van der Waals surface area (Å²) >= 11 is 3.56. The molecule has 1 heterocycles. The average Bonchev–Trinajstić information content (AvgIpc) is 2.60. The summed E-state index contributed by atoms with van der Waals surface area (Å²) in [5.41, 5.74) is 2.02. The Labute approximate surface area is 109 Å². The molecule has 1 aliphatic heterocycles. The molecule has 1 amide bonds. The molecule has 1 spiro atoms. The second kappa shape index (κ2) is 4.26. The topological polar surface area (TPSA) is 41.5 Å². The predicted molar refractivity (Wildman–Crippen MR) is 72.3 cm³/mol. The lowest BCUT2D eigenvalue weighted by molar-refractivity contribution is -0.124. The SMILES string of the molecule is C.O=C1NC=NC12CCc1c(Br)cccc1C2. The standard InChI is InChI=1S/C12H11BrN2O.CH4/c13-10-3-1-2-8-6-12(5-4-9(8)10)11(16)14-7-15-12;/h1-3,7H,4-6H2,(H,14,15,16);1H4. The van der Waals surface area contributed by atoms with Gasteiger partial charge in [0.1, 0.15) is 5.54 Å². The van der Waals surface area contributed by atoms with E-state index in [1.54, 1.807) is 0 Å². The van der Waals surface area contributed by atoms with Gasteiger partial charge in [-0.3, -0.25) is 9.79 Å². The van der Waals surface area contributed by atoms with Crippen molar-refractivity contribution in [1.82, 2.24) is 5.32 Å². The molecule has 0 saturated carbocycles. The largest absolute Gasteiger partial charge is 0.315 e. The second-order valence-electron chi connectivity index (χ2n) is 4.32. The smallest absolute Gasteiger partial charge is 0.253 e. The van der Waals surface area contributed by atoms with Gasteiger partial charge < -0.3 is 5.32 Å². The molecule has 0 radical (unpaired) electrons. The van der Waals surface area contributed by atoms with Gasteiger partial charge in [0, 0.05) is 10.9 Å². The fourth-order valence-corrected chi connectivity index (χ4v) is 3.10. The number of rotatable bonds is 0. The molecule has 0 saturated heterocycles. The molecular weight excluding hydrogens is 280 g/mol. The highest BCUT2D eigenvalue weighted by Gasteiger charge is 2.43. The average molecular weight is 295 g/mol. The highest BCUT2D eigenvalue weighted by molar-refractivity contribution is 9.10. The van der Waals surface area contributed by atoms with Crippen molar-refractivity contribution in [3.63, 3.8) is 0 Å². The number of hydrogen-bond acceptors (Lipinski definition) is 2. The van der Waals surface area contributed by atoms with Crippen LogP contribution in [0, 0.1) is 0 Å². The van der Waals surface area contributed by atoms with E-state index < -0.39 is 5.54 Å². The molecule has 17 heavy (non-hydrogen) atoms. The van der Waals surface area contributed by atoms with E-state index in [9.17, 15) is 4.79 Å². The second-order valence-corrected chi connectivity index (χ2v) is 5.17. The number of aliphatic imine (C=N–C) groups is 1. The van der Waals surface area contributed by atoms with Crippen LogP contribution in [0.15, 0.2) is 27.7 Å². The van der Waals surface area contributed by atoms with E-state index in [-0.39, 0.29) is 13.3 Å². The molecular formula is C13H15BrN2O. The van der Waals surface area contributed by atoms with Crippen LogP contribution in [0.5, 0.6) is 0 Å². The van der Waals surface area contributed by atoms with Crippen LogP contribution < -0.4 is 5.32 Å². The lowest BCUT2D eigenvalue weighted by Crippen LogP contribution is -2.43. The molecule has 0 fully saturated rings. The molecule has 1 aliphatic carbocycles. The van der Waals surface area contributed by atoms with E-state index in [1.165, 1.54) is 17.5 Å². The first kappa shape index (κ1) is 12.3. The first-order valence-corrected chi connectivity index (χ1v) is 6.11. The van der Waals surface area contributed by atoms with Crippen LogP contribution in [-0.2, 0) is 17.6 Å². The van der Waals surface area contributed by atoms with E-state index in [0.29, 0.717) is 6.42 Å². The van der Waals surface area contributed by atoms with Gasteiger partial charge in [-0.2, -0.15) is 0 Å². The summed E-state index contributed by atoms with van der Waals surface area (Å²) in [4.78, 5) is 16.1. The van der Waals surface area contributed by atoms with Crippen LogP contribution in [0.4, 0.5) is 0 Å². The van der Waals surface area contributed by atoms with Crippen LogP contribution in [0.25, 0.3) is 0 Å². The number of fused-ring (bicyclic) bond motifs is 1. The van der Waals surface area contributed by atoms with E-state index in [0.717, 1.165) is 17.3 Å². The third-order valence-corrected chi connectivity index (χ3v) is 4.16.